The average Bonchev–Trinajstić information content (AvgIpc) is 3.51. The molecule has 5 aromatic rings. The average molecular weight is 485 g/mol. The molecule has 3 heterocycles. The third-order valence-electron chi connectivity index (χ3n) is 6.43. The Morgan fingerprint density at radius 1 is 0.972 bits per heavy atom. The minimum absolute atomic E-state index is 0.0842. The summed E-state index contributed by atoms with van der Waals surface area (Å²) in [4.78, 5) is 12.6. The number of benzene rings is 2. The molecule has 0 atom stereocenters. The van der Waals surface area contributed by atoms with Gasteiger partial charge in [0.1, 0.15) is 22.8 Å². The van der Waals surface area contributed by atoms with Crippen molar-refractivity contribution >= 4 is 17.1 Å². The molecule has 0 aliphatic carbocycles. The molecule has 0 unspecified atom stereocenters. The van der Waals surface area contributed by atoms with Crippen molar-refractivity contribution in [2.45, 2.75) is 33.2 Å². The summed E-state index contributed by atoms with van der Waals surface area (Å²) in [5.41, 5.74) is 6.82. The summed E-state index contributed by atoms with van der Waals surface area (Å²) in [7, 11) is 3.21. The first-order valence-corrected chi connectivity index (χ1v) is 11.7. The summed E-state index contributed by atoms with van der Waals surface area (Å²) < 4.78 is 14.4. The lowest BCUT2D eigenvalue weighted by Crippen LogP contribution is -2.23. The van der Waals surface area contributed by atoms with Crippen LogP contribution >= 0.6 is 0 Å². The first-order chi connectivity index (χ1) is 17.5. The van der Waals surface area contributed by atoms with E-state index in [4.69, 9.17) is 14.6 Å². The fourth-order valence-corrected chi connectivity index (χ4v) is 4.20. The third kappa shape index (κ3) is 4.47. The number of aromatic nitrogens is 5. The Kier molecular flexibility index (Phi) is 6.28. The van der Waals surface area contributed by atoms with Crippen LogP contribution in [0.4, 0.5) is 0 Å². The number of nitrogens with one attached hydrogen (secondary N) is 1. The number of aryl methyl sites for hydroxylation is 3. The molecule has 9 nitrogen and oxygen atoms in total. The highest BCUT2D eigenvalue weighted by molar-refractivity contribution is 5.78. The molecule has 0 fully saturated rings. The zero-order valence-corrected chi connectivity index (χ0v) is 20.8. The van der Waals surface area contributed by atoms with Crippen LogP contribution in [0, 0.1) is 13.8 Å². The summed E-state index contributed by atoms with van der Waals surface area (Å²) in [6.07, 6.45) is 4.50. The van der Waals surface area contributed by atoms with Gasteiger partial charge in [0.2, 0.25) is 5.91 Å². The molecular weight excluding hydrogens is 456 g/mol. The van der Waals surface area contributed by atoms with Crippen molar-refractivity contribution in [1.82, 2.24) is 29.5 Å². The second kappa shape index (κ2) is 9.69. The molecule has 0 aliphatic heterocycles. The Morgan fingerprint density at radius 2 is 1.83 bits per heavy atom. The van der Waals surface area contributed by atoms with Gasteiger partial charge in [0.25, 0.3) is 0 Å². The summed E-state index contributed by atoms with van der Waals surface area (Å²) in [5.74, 6) is 2.04. The first kappa shape index (κ1) is 23.3. The normalized spacial score (nSPS) is 11.2. The van der Waals surface area contributed by atoms with E-state index >= 15 is 0 Å². The molecule has 2 aromatic carbocycles. The molecule has 0 saturated carbocycles. The number of ether oxygens (including phenoxy) is 2. The van der Waals surface area contributed by atoms with Gasteiger partial charge in [-0.3, -0.25) is 9.20 Å². The Hall–Kier alpha value is -4.40. The highest BCUT2D eigenvalue weighted by atomic mass is 16.5. The molecule has 0 bridgehead atoms. The SMILES string of the molecule is COc1ccc(OC)c(CNC(=O)CCc2nnc3c4cc(-c5ccc(C)c(C)c5)nn4ccn23)c1. The molecule has 1 amide bonds. The van der Waals surface area contributed by atoms with Crippen molar-refractivity contribution in [3.63, 3.8) is 0 Å². The number of carbonyl (C=O) groups excluding carboxylic acids is 1. The lowest BCUT2D eigenvalue weighted by molar-refractivity contribution is -0.121. The van der Waals surface area contributed by atoms with Crippen LogP contribution in [0.25, 0.3) is 22.4 Å². The molecule has 0 aliphatic rings. The fraction of sp³-hybridized carbons (Fsp3) is 0.259. The van der Waals surface area contributed by atoms with E-state index in [1.54, 1.807) is 14.2 Å². The second-order valence-corrected chi connectivity index (χ2v) is 8.72. The second-order valence-electron chi connectivity index (χ2n) is 8.72. The van der Waals surface area contributed by atoms with Crippen LogP contribution < -0.4 is 14.8 Å². The van der Waals surface area contributed by atoms with Gasteiger partial charge in [0.05, 0.1) is 19.9 Å². The maximum Gasteiger partial charge on any atom is 0.220 e. The summed E-state index contributed by atoms with van der Waals surface area (Å²) in [5, 5.41) is 16.4. The Balaban J connectivity index is 1.30. The van der Waals surface area contributed by atoms with Gasteiger partial charge in [-0.1, -0.05) is 12.1 Å². The van der Waals surface area contributed by atoms with Crippen LogP contribution in [0.15, 0.2) is 54.9 Å². The van der Waals surface area contributed by atoms with Gasteiger partial charge in [0, 0.05) is 42.9 Å². The molecule has 1 N–H and O–H groups in total. The van der Waals surface area contributed by atoms with Crippen molar-refractivity contribution in [3.8, 4) is 22.8 Å². The van der Waals surface area contributed by atoms with Gasteiger partial charge in [-0.2, -0.15) is 5.10 Å². The number of rotatable bonds is 8. The van der Waals surface area contributed by atoms with E-state index in [2.05, 4.69) is 47.6 Å². The van der Waals surface area contributed by atoms with Gasteiger partial charge in [0.15, 0.2) is 5.65 Å². The third-order valence-corrected chi connectivity index (χ3v) is 6.43. The number of nitrogens with zero attached hydrogens (tertiary/aromatic N) is 5. The molecule has 184 valence electrons. The van der Waals surface area contributed by atoms with E-state index in [1.165, 1.54) is 11.1 Å². The van der Waals surface area contributed by atoms with E-state index in [0.717, 1.165) is 28.2 Å². The molecule has 36 heavy (non-hydrogen) atoms. The van der Waals surface area contributed by atoms with Crippen molar-refractivity contribution in [3.05, 3.63) is 77.4 Å². The van der Waals surface area contributed by atoms with E-state index in [-0.39, 0.29) is 12.3 Å². The van der Waals surface area contributed by atoms with Gasteiger partial charge >= 0.3 is 0 Å². The van der Waals surface area contributed by atoms with Crippen LogP contribution in [0.1, 0.15) is 28.9 Å². The maximum atomic E-state index is 12.6. The van der Waals surface area contributed by atoms with E-state index < -0.39 is 0 Å². The number of amides is 1. The number of fused-ring (bicyclic) bond motifs is 3. The van der Waals surface area contributed by atoms with Crippen LogP contribution in [-0.2, 0) is 17.8 Å². The molecular formula is C27H28N6O3. The van der Waals surface area contributed by atoms with E-state index in [1.807, 2.05) is 45.6 Å². The molecule has 0 spiro atoms. The molecule has 0 saturated heterocycles. The lowest BCUT2D eigenvalue weighted by atomic mass is 10.0. The predicted octanol–water partition coefficient (Wildman–Crippen LogP) is 3.93. The highest BCUT2D eigenvalue weighted by Crippen LogP contribution is 2.25. The first-order valence-electron chi connectivity index (χ1n) is 11.7. The van der Waals surface area contributed by atoms with Crippen molar-refractivity contribution in [2.75, 3.05) is 14.2 Å². The predicted molar refractivity (Wildman–Crippen MR) is 136 cm³/mol. The number of hydrogen-bond donors (Lipinski definition) is 1. The van der Waals surface area contributed by atoms with Crippen LogP contribution in [0.2, 0.25) is 0 Å². The number of carbonyl (C=O) groups is 1. The van der Waals surface area contributed by atoms with Gasteiger partial charge < -0.3 is 14.8 Å². The summed E-state index contributed by atoms with van der Waals surface area (Å²) >= 11 is 0. The summed E-state index contributed by atoms with van der Waals surface area (Å²) in [6, 6.07) is 13.8. The van der Waals surface area contributed by atoms with Crippen LogP contribution in [0.3, 0.4) is 0 Å². The molecule has 3 aromatic heterocycles. The maximum absolute atomic E-state index is 12.6. The topological polar surface area (TPSA) is 95.0 Å². The highest BCUT2D eigenvalue weighted by Gasteiger charge is 2.14. The molecule has 9 heteroatoms. The van der Waals surface area contributed by atoms with Crippen molar-refractivity contribution < 1.29 is 14.3 Å². The zero-order valence-electron chi connectivity index (χ0n) is 20.8. The quantitative estimate of drug-likeness (QED) is 0.359. The van der Waals surface area contributed by atoms with Crippen LogP contribution in [0.5, 0.6) is 11.5 Å². The standard InChI is InChI=1S/C27H28N6O3/c1-17-5-6-19(13-18(17)2)22-15-23-27-30-29-25(32(27)11-12-33(23)31-22)9-10-26(34)28-16-20-14-21(35-3)7-8-24(20)36-4/h5-8,11-15H,9-10,16H2,1-4H3,(H,28,34). The minimum atomic E-state index is -0.0842. The smallest absolute Gasteiger partial charge is 0.220 e. The fourth-order valence-electron chi connectivity index (χ4n) is 4.20. The summed E-state index contributed by atoms with van der Waals surface area (Å²) in [6.45, 7) is 4.54. The van der Waals surface area contributed by atoms with Gasteiger partial charge in [-0.05, 0) is 55.3 Å². The van der Waals surface area contributed by atoms with Gasteiger partial charge in [-0.25, -0.2) is 4.52 Å². The molecule has 5 rings (SSSR count). The molecule has 0 radical (unpaired) electrons. The number of hydrogen-bond acceptors (Lipinski definition) is 6. The Morgan fingerprint density at radius 3 is 2.61 bits per heavy atom. The zero-order chi connectivity index (χ0) is 25.2. The monoisotopic (exact) mass is 484 g/mol. The van der Waals surface area contributed by atoms with Crippen LogP contribution in [-0.4, -0.2) is 44.3 Å². The van der Waals surface area contributed by atoms with Gasteiger partial charge in [-0.15, -0.1) is 10.2 Å². The number of methoxy groups -OCH3 is 2. The minimum Gasteiger partial charge on any atom is -0.497 e. The van der Waals surface area contributed by atoms with E-state index in [0.29, 0.717) is 30.1 Å². The van der Waals surface area contributed by atoms with E-state index in [9.17, 15) is 4.79 Å². The van der Waals surface area contributed by atoms with Crippen molar-refractivity contribution in [2.24, 2.45) is 0 Å². The lowest BCUT2D eigenvalue weighted by Gasteiger charge is -2.11. The largest absolute Gasteiger partial charge is 0.497 e. The Labute approximate surface area is 208 Å². The Bertz CT molecular complexity index is 1570. The van der Waals surface area contributed by atoms with Crippen molar-refractivity contribution in [1.29, 1.82) is 0 Å².